The average molecular weight is 214 g/mol. The summed E-state index contributed by atoms with van der Waals surface area (Å²) in [6.45, 7) is 7.41. The quantitative estimate of drug-likeness (QED) is 0.630. The van der Waals surface area contributed by atoms with E-state index in [1.807, 2.05) is 38.1 Å². The second-order valence-electron chi connectivity index (χ2n) is 1.61. The molecular formula is C9H12BrN. The Labute approximate surface area is 76.3 Å². The number of hydrogen-bond donors (Lipinski definition) is 0. The van der Waals surface area contributed by atoms with Crippen LogP contribution >= 0.6 is 15.9 Å². The number of benzene rings is 1. The lowest BCUT2D eigenvalue weighted by molar-refractivity contribution is 1.50. The van der Waals surface area contributed by atoms with Crippen molar-refractivity contribution in [1.29, 1.82) is 0 Å². The third-order valence-corrected chi connectivity index (χ3v) is 1.69. The second kappa shape index (κ2) is 6.10. The molecule has 0 fully saturated rings. The van der Waals surface area contributed by atoms with Gasteiger partial charge in [0.15, 0.2) is 0 Å². The van der Waals surface area contributed by atoms with Crippen LogP contribution in [0.5, 0.6) is 0 Å². The smallest absolute Gasteiger partial charge is 0.0764 e. The first-order valence-corrected chi connectivity index (χ1v) is 4.35. The maximum atomic E-state index is 3.77. The zero-order chi connectivity index (χ0) is 8.69. The van der Waals surface area contributed by atoms with Gasteiger partial charge in [0, 0.05) is 4.47 Å². The normalized spacial score (nSPS) is 7.91. The summed E-state index contributed by atoms with van der Waals surface area (Å²) in [5, 5.41) is 0. The minimum Gasteiger partial charge on any atom is -0.263 e. The van der Waals surface area contributed by atoms with Crippen molar-refractivity contribution in [1.82, 2.24) is 0 Å². The Morgan fingerprint density at radius 1 is 1.27 bits per heavy atom. The predicted octanol–water partition coefficient (Wildman–Crippen LogP) is 3.81. The number of para-hydroxylation sites is 1. The van der Waals surface area contributed by atoms with Crippen LogP contribution in [0.4, 0.5) is 5.69 Å². The monoisotopic (exact) mass is 213 g/mol. The highest BCUT2D eigenvalue weighted by molar-refractivity contribution is 9.10. The highest BCUT2D eigenvalue weighted by Gasteiger charge is 1.90. The van der Waals surface area contributed by atoms with Crippen molar-refractivity contribution < 1.29 is 0 Å². The lowest BCUT2D eigenvalue weighted by atomic mass is 10.3. The number of rotatable bonds is 1. The fourth-order valence-corrected chi connectivity index (χ4v) is 0.990. The standard InChI is InChI=1S/C7H6BrN.C2H6/c1-9-7-5-3-2-4-6(7)8;1-2/h2-5H,1H2;1-2H3. The van der Waals surface area contributed by atoms with Gasteiger partial charge in [-0.3, -0.25) is 4.99 Å². The van der Waals surface area contributed by atoms with Gasteiger partial charge in [-0.1, -0.05) is 26.0 Å². The minimum absolute atomic E-state index is 0.887. The summed E-state index contributed by atoms with van der Waals surface area (Å²) in [6.07, 6.45) is 0. The van der Waals surface area contributed by atoms with Crippen LogP contribution in [0.1, 0.15) is 13.8 Å². The molecule has 0 saturated heterocycles. The van der Waals surface area contributed by atoms with Gasteiger partial charge in [-0.25, -0.2) is 0 Å². The number of hydrogen-bond acceptors (Lipinski definition) is 1. The number of halogens is 1. The molecule has 1 aromatic rings. The lowest BCUT2D eigenvalue weighted by Crippen LogP contribution is -1.63. The molecule has 60 valence electrons. The highest BCUT2D eigenvalue weighted by atomic mass is 79.9. The van der Waals surface area contributed by atoms with Crippen LogP contribution in [0, 0.1) is 0 Å². The van der Waals surface area contributed by atoms with E-state index in [0.717, 1.165) is 10.2 Å². The molecule has 0 aromatic heterocycles. The largest absolute Gasteiger partial charge is 0.263 e. The fourth-order valence-electron chi connectivity index (χ4n) is 0.580. The molecule has 11 heavy (non-hydrogen) atoms. The van der Waals surface area contributed by atoms with Crippen LogP contribution in [0.15, 0.2) is 33.7 Å². The summed E-state index contributed by atoms with van der Waals surface area (Å²) >= 11 is 3.32. The van der Waals surface area contributed by atoms with Crippen molar-refractivity contribution in [2.24, 2.45) is 4.99 Å². The Bertz CT molecular complexity index is 221. The zero-order valence-electron chi connectivity index (χ0n) is 6.84. The van der Waals surface area contributed by atoms with E-state index >= 15 is 0 Å². The summed E-state index contributed by atoms with van der Waals surface area (Å²) in [4.78, 5) is 3.77. The Balaban J connectivity index is 0.000000461. The van der Waals surface area contributed by atoms with Gasteiger partial charge >= 0.3 is 0 Å². The molecule has 0 amide bonds. The molecule has 0 bridgehead atoms. The molecule has 0 unspecified atom stereocenters. The Morgan fingerprint density at radius 2 is 1.82 bits per heavy atom. The first-order valence-electron chi connectivity index (χ1n) is 3.56. The molecule has 0 saturated carbocycles. The first-order chi connectivity index (χ1) is 5.34. The minimum atomic E-state index is 0.887. The van der Waals surface area contributed by atoms with Crippen molar-refractivity contribution >= 4 is 28.3 Å². The maximum absolute atomic E-state index is 3.77. The van der Waals surface area contributed by atoms with E-state index in [0.29, 0.717) is 0 Å². The van der Waals surface area contributed by atoms with Crippen LogP contribution < -0.4 is 0 Å². The molecule has 0 aliphatic carbocycles. The van der Waals surface area contributed by atoms with Crippen LogP contribution in [0.25, 0.3) is 0 Å². The molecule has 0 aliphatic heterocycles. The van der Waals surface area contributed by atoms with E-state index < -0.39 is 0 Å². The summed E-state index contributed by atoms with van der Waals surface area (Å²) < 4.78 is 0.986. The number of nitrogens with zero attached hydrogens (tertiary/aromatic N) is 1. The van der Waals surface area contributed by atoms with Gasteiger partial charge in [-0.2, -0.15) is 0 Å². The van der Waals surface area contributed by atoms with E-state index in [1.165, 1.54) is 0 Å². The number of aliphatic imine (C=N–C) groups is 1. The van der Waals surface area contributed by atoms with Gasteiger partial charge in [0.25, 0.3) is 0 Å². The maximum Gasteiger partial charge on any atom is 0.0764 e. The summed E-state index contributed by atoms with van der Waals surface area (Å²) in [6, 6.07) is 7.70. The van der Waals surface area contributed by atoms with E-state index in [4.69, 9.17) is 0 Å². The summed E-state index contributed by atoms with van der Waals surface area (Å²) in [7, 11) is 0. The molecule has 0 atom stereocenters. The second-order valence-corrected chi connectivity index (χ2v) is 2.46. The first kappa shape index (κ1) is 10.4. The summed E-state index contributed by atoms with van der Waals surface area (Å²) in [5.74, 6) is 0. The fraction of sp³-hybridized carbons (Fsp3) is 0.222. The predicted molar refractivity (Wildman–Crippen MR) is 54.7 cm³/mol. The van der Waals surface area contributed by atoms with Crippen LogP contribution in [0.3, 0.4) is 0 Å². The molecule has 1 aromatic carbocycles. The molecule has 1 nitrogen and oxygen atoms in total. The average Bonchev–Trinajstić information content (AvgIpc) is 2.09. The van der Waals surface area contributed by atoms with E-state index in [1.54, 1.807) is 0 Å². The molecular weight excluding hydrogens is 202 g/mol. The molecule has 0 N–H and O–H groups in total. The Morgan fingerprint density at radius 3 is 2.18 bits per heavy atom. The van der Waals surface area contributed by atoms with Crippen LogP contribution in [0.2, 0.25) is 0 Å². The van der Waals surface area contributed by atoms with Crippen LogP contribution in [-0.2, 0) is 0 Å². The lowest BCUT2D eigenvalue weighted by Gasteiger charge is -1.92. The van der Waals surface area contributed by atoms with Gasteiger partial charge in [-0.15, -0.1) is 0 Å². The highest BCUT2D eigenvalue weighted by Crippen LogP contribution is 2.22. The molecule has 0 radical (unpaired) electrons. The van der Waals surface area contributed by atoms with Gasteiger partial charge in [0.1, 0.15) is 0 Å². The van der Waals surface area contributed by atoms with E-state index in [-0.39, 0.29) is 0 Å². The van der Waals surface area contributed by atoms with Crippen molar-refractivity contribution in [2.45, 2.75) is 13.8 Å². The van der Waals surface area contributed by atoms with Gasteiger partial charge < -0.3 is 0 Å². The van der Waals surface area contributed by atoms with Crippen molar-refractivity contribution in [3.05, 3.63) is 28.7 Å². The molecule has 0 heterocycles. The van der Waals surface area contributed by atoms with Crippen molar-refractivity contribution in [3.63, 3.8) is 0 Å². The van der Waals surface area contributed by atoms with Crippen molar-refractivity contribution in [3.8, 4) is 0 Å². The van der Waals surface area contributed by atoms with Crippen molar-refractivity contribution in [2.75, 3.05) is 0 Å². The van der Waals surface area contributed by atoms with Gasteiger partial charge in [0.2, 0.25) is 0 Å². The molecule has 0 aliphatic rings. The topological polar surface area (TPSA) is 12.4 Å². The van der Waals surface area contributed by atoms with E-state index in [9.17, 15) is 0 Å². The van der Waals surface area contributed by atoms with Gasteiger partial charge in [0.05, 0.1) is 5.69 Å². The van der Waals surface area contributed by atoms with Crippen LogP contribution in [-0.4, -0.2) is 6.72 Å². The summed E-state index contributed by atoms with van der Waals surface area (Å²) in [5.41, 5.74) is 0.887. The Hall–Kier alpha value is -0.630. The van der Waals surface area contributed by atoms with Gasteiger partial charge in [-0.05, 0) is 34.8 Å². The Kier molecular flexibility index (Phi) is 5.75. The SMILES string of the molecule is C=Nc1ccccc1Br.CC. The third-order valence-electron chi connectivity index (χ3n) is 1.02. The zero-order valence-corrected chi connectivity index (χ0v) is 8.43. The van der Waals surface area contributed by atoms with E-state index in [2.05, 4.69) is 27.6 Å². The molecule has 0 spiro atoms. The molecule has 2 heteroatoms. The third kappa shape index (κ3) is 3.33. The molecule has 1 rings (SSSR count).